The largest absolute Gasteiger partial charge is 0.489 e. The van der Waals surface area contributed by atoms with E-state index in [1.807, 2.05) is 24.3 Å². The average Bonchev–Trinajstić information content (AvgIpc) is 2.33. The molecule has 2 aromatic rings. The van der Waals surface area contributed by atoms with Crippen molar-refractivity contribution in [2.75, 3.05) is 0 Å². The van der Waals surface area contributed by atoms with E-state index in [-0.39, 0.29) is 5.02 Å². The molecule has 0 atom stereocenters. The number of hydrogen-bond donors (Lipinski definition) is 0. The summed E-state index contributed by atoms with van der Waals surface area (Å²) in [6.45, 7) is 0.397. The fourth-order valence-electron chi connectivity index (χ4n) is 1.31. The van der Waals surface area contributed by atoms with Crippen LogP contribution in [-0.2, 0) is 6.61 Å². The lowest BCUT2D eigenvalue weighted by atomic mass is 10.2. The maximum absolute atomic E-state index is 13.1. The molecule has 0 aliphatic carbocycles. The van der Waals surface area contributed by atoms with Gasteiger partial charge >= 0.3 is 0 Å². The lowest BCUT2D eigenvalue weighted by Crippen LogP contribution is -1.95. The number of hydrogen-bond acceptors (Lipinski definition) is 1. The first kappa shape index (κ1) is 12.4. The molecular formula is C13H9BrClFO. The molecule has 0 aliphatic heterocycles. The summed E-state index contributed by atoms with van der Waals surface area (Å²) < 4.78 is 19.6. The molecule has 0 bridgehead atoms. The summed E-state index contributed by atoms with van der Waals surface area (Å²) in [6.07, 6.45) is 0. The van der Waals surface area contributed by atoms with Crippen LogP contribution in [0.1, 0.15) is 5.56 Å². The van der Waals surface area contributed by atoms with Gasteiger partial charge in [-0.3, -0.25) is 0 Å². The summed E-state index contributed by atoms with van der Waals surface area (Å²) in [4.78, 5) is 0. The van der Waals surface area contributed by atoms with Crippen LogP contribution in [-0.4, -0.2) is 0 Å². The molecule has 0 unspecified atom stereocenters. The summed E-state index contributed by atoms with van der Waals surface area (Å²) in [6, 6.07) is 12.1. The normalized spacial score (nSPS) is 10.3. The molecule has 2 rings (SSSR count). The van der Waals surface area contributed by atoms with Gasteiger partial charge in [0.15, 0.2) is 0 Å². The Balaban J connectivity index is 2.02. The molecule has 0 N–H and O–H groups in total. The molecule has 0 aromatic heterocycles. The van der Waals surface area contributed by atoms with Crippen LogP contribution < -0.4 is 4.74 Å². The minimum atomic E-state index is -0.472. The van der Waals surface area contributed by atoms with Gasteiger partial charge in [-0.15, -0.1) is 0 Å². The van der Waals surface area contributed by atoms with E-state index in [0.717, 1.165) is 10.0 Å². The Hall–Kier alpha value is -1.06. The fraction of sp³-hybridized carbons (Fsp3) is 0.0769. The lowest BCUT2D eigenvalue weighted by molar-refractivity contribution is 0.304. The van der Waals surface area contributed by atoms with Crippen molar-refractivity contribution in [1.29, 1.82) is 0 Å². The highest BCUT2D eigenvalue weighted by atomic mass is 79.9. The zero-order chi connectivity index (χ0) is 12.3. The smallest absolute Gasteiger partial charge is 0.145 e. The summed E-state index contributed by atoms with van der Waals surface area (Å²) in [5, 5.41) is 0.0981. The van der Waals surface area contributed by atoms with Gasteiger partial charge < -0.3 is 4.74 Å². The summed E-state index contributed by atoms with van der Waals surface area (Å²) >= 11 is 8.93. The van der Waals surface area contributed by atoms with Gasteiger partial charge in [0.05, 0.1) is 5.02 Å². The van der Waals surface area contributed by atoms with Gasteiger partial charge in [0.25, 0.3) is 0 Å². The van der Waals surface area contributed by atoms with Crippen molar-refractivity contribution in [3.63, 3.8) is 0 Å². The first-order chi connectivity index (χ1) is 8.15. The van der Waals surface area contributed by atoms with Crippen molar-refractivity contribution in [2.24, 2.45) is 0 Å². The van der Waals surface area contributed by atoms with Crippen molar-refractivity contribution in [1.82, 2.24) is 0 Å². The van der Waals surface area contributed by atoms with Crippen LogP contribution in [0.2, 0.25) is 5.02 Å². The zero-order valence-corrected chi connectivity index (χ0v) is 11.1. The van der Waals surface area contributed by atoms with E-state index < -0.39 is 5.82 Å². The summed E-state index contributed by atoms with van der Waals surface area (Å²) in [7, 11) is 0. The van der Waals surface area contributed by atoms with Gasteiger partial charge in [-0.25, -0.2) is 4.39 Å². The number of benzene rings is 2. The number of rotatable bonds is 3. The molecule has 0 radical (unpaired) electrons. The average molecular weight is 316 g/mol. The Morgan fingerprint density at radius 1 is 1.12 bits per heavy atom. The van der Waals surface area contributed by atoms with Gasteiger partial charge in [0, 0.05) is 10.5 Å². The zero-order valence-electron chi connectivity index (χ0n) is 8.79. The highest BCUT2D eigenvalue weighted by molar-refractivity contribution is 9.10. The van der Waals surface area contributed by atoms with Crippen molar-refractivity contribution >= 4 is 27.5 Å². The molecule has 0 aliphatic rings. The molecule has 0 spiro atoms. The Bertz CT molecular complexity index is 513. The van der Waals surface area contributed by atoms with Gasteiger partial charge in [0.1, 0.15) is 18.2 Å². The van der Waals surface area contributed by atoms with E-state index in [1.54, 1.807) is 6.07 Å². The lowest BCUT2D eigenvalue weighted by Gasteiger charge is -2.06. The topological polar surface area (TPSA) is 9.23 Å². The van der Waals surface area contributed by atoms with Gasteiger partial charge in [0.2, 0.25) is 0 Å². The fourth-order valence-corrected chi connectivity index (χ4v) is 1.70. The Labute approximate surface area is 112 Å². The van der Waals surface area contributed by atoms with Crippen LogP contribution in [0.3, 0.4) is 0 Å². The third kappa shape index (κ3) is 3.45. The van der Waals surface area contributed by atoms with E-state index in [1.165, 1.54) is 12.1 Å². The van der Waals surface area contributed by atoms with Crippen LogP contribution in [0.5, 0.6) is 5.75 Å². The Kier molecular flexibility index (Phi) is 4.02. The van der Waals surface area contributed by atoms with E-state index >= 15 is 0 Å². The summed E-state index contributed by atoms with van der Waals surface area (Å²) in [5.41, 5.74) is 1.02. The van der Waals surface area contributed by atoms with Crippen molar-refractivity contribution in [3.05, 3.63) is 63.3 Å². The van der Waals surface area contributed by atoms with Crippen molar-refractivity contribution in [3.8, 4) is 5.75 Å². The minimum Gasteiger partial charge on any atom is -0.489 e. The maximum Gasteiger partial charge on any atom is 0.145 e. The van der Waals surface area contributed by atoms with E-state index in [9.17, 15) is 4.39 Å². The number of ether oxygens (including phenoxy) is 1. The standard InChI is InChI=1S/C13H9BrClFO/c14-10-3-1-9(2-4-10)8-17-11-5-6-12(15)13(16)7-11/h1-7H,8H2. The predicted octanol–water partition coefficient (Wildman–Crippen LogP) is 4.82. The quantitative estimate of drug-likeness (QED) is 0.789. The molecule has 0 saturated heterocycles. The molecule has 2 aromatic carbocycles. The van der Waals surface area contributed by atoms with Gasteiger partial charge in [-0.2, -0.15) is 0 Å². The highest BCUT2D eigenvalue weighted by Gasteiger charge is 2.02. The van der Waals surface area contributed by atoms with Crippen LogP contribution in [0, 0.1) is 5.82 Å². The Morgan fingerprint density at radius 3 is 2.47 bits per heavy atom. The minimum absolute atomic E-state index is 0.0981. The van der Waals surface area contributed by atoms with Crippen LogP contribution >= 0.6 is 27.5 Å². The molecular weight excluding hydrogens is 306 g/mol. The second kappa shape index (κ2) is 5.52. The van der Waals surface area contributed by atoms with Gasteiger partial charge in [-0.1, -0.05) is 39.7 Å². The first-order valence-electron chi connectivity index (χ1n) is 4.97. The molecule has 1 nitrogen and oxygen atoms in total. The second-order valence-corrected chi connectivity index (χ2v) is 4.81. The van der Waals surface area contributed by atoms with E-state index in [2.05, 4.69) is 15.9 Å². The van der Waals surface area contributed by atoms with E-state index in [0.29, 0.717) is 12.4 Å². The Morgan fingerprint density at radius 2 is 1.82 bits per heavy atom. The second-order valence-electron chi connectivity index (χ2n) is 3.49. The predicted molar refractivity (Wildman–Crippen MR) is 69.9 cm³/mol. The van der Waals surface area contributed by atoms with Crippen molar-refractivity contribution in [2.45, 2.75) is 6.61 Å². The monoisotopic (exact) mass is 314 g/mol. The number of halogens is 3. The molecule has 0 heterocycles. The molecule has 0 fully saturated rings. The third-order valence-corrected chi connectivity index (χ3v) is 3.05. The molecule has 4 heteroatoms. The van der Waals surface area contributed by atoms with E-state index in [4.69, 9.17) is 16.3 Å². The highest BCUT2D eigenvalue weighted by Crippen LogP contribution is 2.21. The first-order valence-corrected chi connectivity index (χ1v) is 6.14. The molecule has 0 saturated carbocycles. The molecule has 88 valence electrons. The maximum atomic E-state index is 13.1. The third-order valence-electron chi connectivity index (χ3n) is 2.21. The molecule has 17 heavy (non-hydrogen) atoms. The van der Waals surface area contributed by atoms with Crippen molar-refractivity contribution < 1.29 is 9.13 Å². The SMILES string of the molecule is Fc1cc(OCc2ccc(Br)cc2)ccc1Cl. The van der Waals surface area contributed by atoms with Crippen LogP contribution in [0.25, 0.3) is 0 Å². The summed E-state index contributed by atoms with van der Waals surface area (Å²) in [5.74, 6) is -0.00482. The van der Waals surface area contributed by atoms with Crippen LogP contribution in [0.4, 0.5) is 4.39 Å². The van der Waals surface area contributed by atoms with Gasteiger partial charge in [-0.05, 0) is 29.8 Å². The molecule has 0 amide bonds. The van der Waals surface area contributed by atoms with Crippen LogP contribution in [0.15, 0.2) is 46.9 Å².